The van der Waals surface area contributed by atoms with Gasteiger partial charge in [0.15, 0.2) is 0 Å². The maximum atomic E-state index is 12.9. The third-order valence-corrected chi connectivity index (χ3v) is 7.02. The first-order valence-electron chi connectivity index (χ1n) is 11.8. The summed E-state index contributed by atoms with van der Waals surface area (Å²) in [6, 6.07) is 12.1. The molecule has 2 fully saturated rings. The van der Waals surface area contributed by atoms with Crippen LogP contribution in [0, 0.1) is 11.8 Å². The molecule has 1 saturated heterocycles. The van der Waals surface area contributed by atoms with E-state index in [0.29, 0.717) is 17.8 Å². The average molecular weight is 433 g/mol. The molecule has 0 bridgehead atoms. The molecule has 1 aliphatic heterocycles. The first-order valence-corrected chi connectivity index (χ1v) is 11.8. The molecule has 3 heterocycles. The van der Waals surface area contributed by atoms with E-state index in [2.05, 4.69) is 58.6 Å². The Kier molecular flexibility index (Phi) is 5.83. The summed E-state index contributed by atoms with van der Waals surface area (Å²) in [5, 5.41) is 7.61. The van der Waals surface area contributed by atoms with Gasteiger partial charge in [0, 0.05) is 61.2 Å². The van der Waals surface area contributed by atoms with E-state index in [1.165, 1.54) is 12.1 Å². The lowest BCUT2D eigenvalue weighted by atomic mass is 9.80. The number of nitrogens with one attached hydrogen (secondary N) is 2. The van der Waals surface area contributed by atoms with Crippen molar-refractivity contribution < 1.29 is 0 Å². The molecule has 3 unspecified atom stereocenters. The minimum absolute atomic E-state index is 0.0217. The van der Waals surface area contributed by atoms with Crippen LogP contribution in [0.4, 0.5) is 17.3 Å². The number of benzene rings is 1. The van der Waals surface area contributed by atoms with E-state index >= 15 is 0 Å². The van der Waals surface area contributed by atoms with Gasteiger partial charge in [-0.3, -0.25) is 9.36 Å². The highest BCUT2D eigenvalue weighted by Crippen LogP contribution is 2.37. The molecule has 2 N–H and O–H groups in total. The highest BCUT2D eigenvalue weighted by molar-refractivity contribution is 5.76. The zero-order valence-electron chi connectivity index (χ0n) is 18.9. The van der Waals surface area contributed by atoms with E-state index in [9.17, 15) is 4.79 Å². The van der Waals surface area contributed by atoms with Crippen molar-refractivity contribution in [3.63, 3.8) is 0 Å². The van der Waals surface area contributed by atoms with Gasteiger partial charge >= 0.3 is 0 Å². The number of anilines is 3. The molecule has 3 atom stereocenters. The highest BCUT2D eigenvalue weighted by atomic mass is 16.1. The van der Waals surface area contributed by atoms with Crippen LogP contribution in [0.15, 0.2) is 47.4 Å². The molecule has 32 heavy (non-hydrogen) atoms. The SMILES string of the molecule is CC1CCC(C)C(n2c(=O)ccc3cnc(Nc4ccc(N5CCNCC5)cc4)nc32)C1. The van der Waals surface area contributed by atoms with Gasteiger partial charge in [0.1, 0.15) is 5.65 Å². The minimum Gasteiger partial charge on any atom is -0.369 e. The fourth-order valence-electron chi connectivity index (χ4n) is 5.09. The van der Waals surface area contributed by atoms with Crippen molar-refractivity contribution >= 4 is 28.4 Å². The lowest BCUT2D eigenvalue weighted by Crippen LogP contribution is -2.43. The minimum atomic E-state index is 0.0217. The van der Waals surface area contributed by atoms with E-state index in [1.807, 2.05) is 16.8 Å². The van der Waals surface area contributed by atoms with Crippen molar-refractivity contribution in [3.8, 4) is 0 Å². The predicted octanol–water partition coefficient (Wildman–Crippen LogP) is 3.94. The van der Waals surface area contributed by atoms with Crippen LogP contribution in [-0.4, -0.2) is 40.7 Å². The molecule has 2 aliphatic rings. The third-order valence-electron chi connectivity index (χ3n) is 7.02. The monoisotopic (exact) mass is 432 g/mol. The molecule has 168 valence electrons. The van der Waals surface area contributed by atoms with E-state index in [1.54, 1.807) is 6.07 Å². The smallest absolute Gasteiger partial charge is 0.252 e. The molecular weight excluding hydrogens is 400 g/mol. The predicted molar refractivity (Wildman–Crippen MR) is 130 cm³/mol. The Morgan fingerprint density at radius 3 is 2.59 bits per heavy atom. The average Bonchev–Trinajstić information content (AvgIpc) is 2.82. The van der Waals surface area contributed by atoms with Gasteiger partial charge in [0.05, 0.1) is 0 Å². The molecule has 1 aromatic carbocycles. The molecule has 7 nitrogen and oxygen atoms in total. The van der Waals surface area contributed by atoms with Gasteiger partial charge in [-0.05, 0) is 55.0 Å². The maximum Gasteiger partial charge on any atom is 0.252 e. The summed E-state index contributed by atoms with van der Waals surface area (Å²) in [6.07, 6.45) is 5.19. The van der Waals surface area contributed by atoms with Crippen molar-refractivity contribution in [3.05, 3.63) is 52.9 Å². The zero-order chi connectivity index (χ0) is 22.1. The fourth-order valence-corrected chi connectivity index (χ4v) is 5.09. The van der Waals surface area contributed by atoms with Crippen LogP contribution in [0.1, 0.15) is 39.2 Å². The van der Waals surface area contributed by atoms with Gasteiger partial charge < -0.3 is 15.5 Å². The van der Waals surface area contributed by atoms with Crippen molar-refractivity contribution in [1.29, 1.82) is 0 Å². The summed E-state index contributed by atoms with van der Waals surface area (Å²) in [5.74, 6) is 1.59. The van der Waals surface area contributed by atoms with Crippen LogP contribution in [-0.2, 0) is 0 Å². The number of hydrogen-bond acceptors (Lipinski definition) is 6. The number of piperazine rings is 1. The normalized spacial score (nSPS) is 23.9. The first-order chi connectivity index (χ1) is 15.6. The Labute approximate surface area is 188 Å². The van der Waals surface area contributed by atoms with Crippen molar-refractivity contribution in [1.82, 2.24) is 19.9 Å². The highest BCUT2D eigenvalue weighted by Gasteiger charge is 2.29. The van der Waals surface area contributed by atoms with Gasteiger partial charge in [-0.2, -0.15) is 4.98 Å². The Morgan fingerprint density at radius 1 is 1.03 bits per heavy atom. The number of hydrogen-bond donors (Lipinski definition) is 2. The summed E-state index contributed by atoms with van der Waals surface area (Å²) in [7, 11) is 0. The second-order valence-corrected chi connectivity index (χ2v) is 9.39. The summed E-state index contributed by atoms with van der Waals surface area (Å²) in [4.78, 5) is 24.6. The molecule has 0 spiro atoms. The first kappa shape index (κ1) is 20.9. The Bertz CT molecular complexity index is 1140. The zero-order valence-corrected chi connectivity index (χ0v) is 18.9. The topological polar surface area (TPSA) is 75.1 Å². The summed E-state index contributed by atoms with van der Waals surface area (Å²) in [5.41, 5.74) is 2.91. The van der Waals surface area contributed by atoms with Crippen LogP contribution >= 0.6 is 0 Å². The lowest BCUT2D eigenvalue weighted by Gasteiger charge is -2.34. The van der Waals surface area contributed by atoms with Gasteiger partial charge in [0.25, 0.3) is 5.56 Å². The molecule has 0 amide bonds. The van der Waals surface area contributed by atoms with Gasteiger partial charge in [-0.1, -0.05) is 20.3 Å². The number of fused-ring (bicyclic) bond motifs is 1. The summed E-state index contributed by atoms with van der Waals surface area (Å²) < 4.78 is 1.91. The quantitative estimate of drug-likeness (QED) is 0.650. The van der Waals surface area contributed by atoms with Crippen molar-refractivity contribution in [2.24, 2.45) is 11.8 Å². The third kappa shape index (κ3) is 4.21. The number of aromatic nitrogens is 3. The number of pyridine rings is 1. The van der Waals surface area contributed by atoms with Gasteiger partial charge in [0.2, 0.25) is 5.95 Å². The molecule has 1 saturated carbocycles. The second kappa shape index (κ2) is 8.90. The Balaban J connectivity index is 1.43. The van der Waals surface area contributed by atoms with Crippen molar-refractivity contribution in [2.45, 2.75) is 39.2 Å². The van der Waals surface area contributed by atoms with E-state index < -0.39 is 0 Å². The molecule has 1 aliphatic carbocycles. The molecular formula is C25H32N6O. The van der Waals surface area contributed by atoms with E-state index in [-0.39, 0.29) is 11.6 Å². The number of rotatable bonds is 4. The van der Waals surface area contributed by atoms with Gasteiger partial charge in [-0.15, -0.1) is 0 Å². The Hall–Kier alpha value is -2.93. The molecule has 2 aromatic heterocycles. The lowest BCUT2D eigenvalue weighted by molar-refractivity contribution is 0.207. The Morgan fingerprint density at radius 2 is 1.81 bits per heavy atom. The van der Waals surface area contributed by atoms with Crippen LogP contribution in [0.3, 0.4) is 0 Å². The number of nitrogens with zero attached hydrogens (tertiary/aromatic N) is 4. The van der Waals surface area contributed by atoms with Crippen LogP contribution in [0.5, 0.6) is 0 Å². The standard InChI is InChI=1S/C25H32N6O/c1-17-3-4-18(2)22(15-17)31-23(32)10-5-19-16-27-25(29-24(19)31)28-20-6-8-21(9-7-20)30-13-11-26-12-14-30/h5-10,16-18,22,26H,3-4,11-15H2,1-2H3,(H,27,28,29). The van der Waals surface area contributed by atoms with E-state index in [0.717, 1.165) is 55.7 Å². The molecule has 0 radical (unpaired) electrons. The molecule has 7 heteroatoms. The van der Waals surface area contributed by atoms with Crippen molar-refractivity contribution in [2.75, 3.05) is 36.4 Å². The van der Waals surface area contributed by atoms with E-state index in [4.69, 9.17) is 4.98 Å². The second-order valence-electron chi connectivity index (χ2n) is 9.39. The van der Waals surface area contributed by atoms with Crippen LogP contribution < -0.4 is 21.1 Å². The van der Waals surface area contributed by atoms with Crippen LogP contribution in [0.25, 0.3) is 11.0 Å². The summed E-state index contributed by atoms with van der Waals surface area (Å²) in [6.45, 7) is 8.62. The summed E-state index contributed by atoms with van der Waals surface area (Å²) >= 11 is 0. The molecule has 3 aromatic rings. The largest absolute Gasteiger partial charge is 0.369 e. The van der Waals surface area contributed by atoms with Gasteiger partial charge in [-0.25, -0.2) is 4.98 Å². The fraction of sp³-hybridized carbons (Fsp3) is 0.480. The molecule has 5 rings (SSSR count). The van der Waals surface area contributed by atoms with Crippen LogP contribution in [0.2, 0.25) is 0 Å². The maximum absolute atomic E-state index is 12.9.